The van der Waals surface area contributed by atoms with Crippen molar-refractivity contribution in [2.45, 2.75) is 44.7 Å². The molecule has 0 aromatic carbocycles. The van der Waals surface area contributed by atoms with Gasteiger partial charge >= 0.3 is 5.97 Å². The van der Waals surface area contributed by atoms with Crippen LogP contribution in [0.1, 0.15) is 27.2 Å². The second-order valence-electron chi connectivity index (χ2n) is 5.90. The van der Waals surface area contributed by atoms with E-state index in [1.807, 2.05) is 13.8 Å². The Morgan fingerprint density at radius 2 is 2.10 bits per heavy atom. The van der Waals surface area contributed by atoms with Crippen molar-refractivity contribution < 1.29 is 18.3 Å². The normalized spacial score (nSPS) is 27.7. The number of nitrogens with zero attached hydrogens (tertiary/aromatic N) is 3. The molecule has 0 amide bonds. The van der Waals surface area contributed by atoms with E-state index in [0.717, 1.165) is 11.1 Å². The van der Waals surface area contributed by atoms with E-state index >= 15 is 0 Å². The summed E-state index contributed by atoms with van der Waals surface area (Å²) in [6.07, 6.45) is 3.50. The first kappa shape index (κ1) is 16.0. The van der Waals surface area contributed by atoms with E-state index in [1.165, 1.54) is 16.7 Å². The number of hydrogen-bond acceptors (Lipinski definition) is 4. The highest BCUT2D eigenvalue weighted by atomic mass is 32.2. The van der Waals surface area contributed by atoms with Crippen LogP contribution < -0.4 is 0 Å². The van der Waals surface area contributed by atoms with Gasteiger partial charge in [0.25, 0.3) is 0 Å². The van der Waals surface area contributed by atoms with E-state index < -0.39 is 16.0 Å². The Kier molecular flexibility index (Phi) is 4.38. The topological polar surface area (TPSA) is 92.5 Å². The maximum absolute atomic E-state index is 12.7. The lowest BCUT2D eigenvalue weighted by Crippen LogP contribution is -2.48. The van der Waals surface area contributed by atoms with Gasteiger partial charge in [0, 0.05) is 18.8 Å². The maximum Gasteiger partial charge on any atom is 0.325 e. The van der Waals surface area contributed by atoms with Gasteiger partial charge in [0.1, 0.15) is 11.4 Å². The molecule has 1 fully saturated rings. The van der Waals surface area contributed by atoms with Crippen molar-refractivity contribution in [2.24, 2.45) is 11.8 Å². The SMILES string of the molecule is CC1CC(C)C(C)N(S(=O)(=O)c2cnn(CC(=O)O)c2)C1. The fourth-order valence-electron chi connectivity index (χ4n) is 2.82. The van der Waals surface area contributed by atoms with Gasteiger partial charge in [-0.05, 0) is 25.2 Å². The van der Waals surface area contributed by atoms with Crippen molar-refractivity contribution in [3.8, 4) is 0 Å². The predicted octanol–water partition coefficient (Wildman–Crippen LogP) is 1.02. The van der Waals surface area contributed by atoms with E-state index in [-0.39, 0.29) is 23.4 Å². The van der Waals surface area contributed by atoms with Crippen molar-refractivity contribution in [3.63, 3.8) is 0 Å². The average molecular weight is 315 g/mol. The minimum absolute atomic E-state index is 0.0527. The van der Waals surface area contributed by atoms with Crippen molar-refractivity contribution >= 4 is 16.0 Å². The summed E-state index contributed by atoms with van der Waals surface area (Å²) >= 11 is 0. The highest BCUT2D eigenvalue weighted by Gasteiger charge is 2.37. The smallest absolute Gasteiger partial charge is 0.325 e. The van der Waals surface area contributed by atoms with Gasteiger partial charge in [0.05, 0.1) is 6.20 Å². The number of carbonyl (C=O) groups is 1. The second kappa shape index (κ2) is 5.76. The Bertz CT molecular complexity index is 625. The van der Waals surface area contributed by atoms with Crippen LogP contribution in [0.2, 0.25) is 0 Å². The highest BCUT2D eigenvalue weighted by molar-refractivity contribution is 7.89. The number of aromatic nitrogens is 2. The van der Waals surface area contributed by atoms with Crippen molar-refractivity contribution in [1.29, 1.82) is 0 Å². The summed E-state index contributed by atoms with van der Waals surface area (Å²) < 4.78 is 28.1. The number of sulfonamides is 1. The summed E-state index contributed by atoms with van der Waals surface area (Å²) in [5.41, 5.74) is 0. The third-order valence-corrected chi connectivity index (χ3v) is 5.96. The van der Waals surface area contributed by atoms with Crippen LogP contribution in [0.3, 0.4) is 0 Å². The molecule has 2 heterocycles. The van der Waals surface area contributed by atoms with Crippen LogP contribution in [-0.2, 0) is 21.4 Å². The number of aliphatic carboxylic acids is 1. The molecule has 0 spiro atoms. The predicted molar refractivity (Wildman–Crippen MR) is 76.2 cm³/mol. The summed E-state index contributed by atoms with van der Waals surface area (Å²) in [6, 6.07) is -0.0750. The minimum Gasteiger partial charge on any atom is -0.480 e. The Hall–Kier alpha value is -1.41. The van der Waals surface area contributed by atoms with E-state index in [0.29, 0.717) is 12.5 Å². The quantitative estimate of drug-likeness (QED) is 0.895. The van der Waals surface area contributed by atoms with E-state index in [2.05, 4.69) is 12.0 Å². The van der Waals surface area contributed by atoms with Crippen molar-refractivity contribution in [3.05, 3.63) is 12.4 Å². The molecule has 0 bridgehead atoms. The lowest BCUT2D eigenvalue weighted by atomic mass is 9.88. The largest absolute Gasteiger partial charge is 0.480 e. The van der Waals surface area contributed by atoms with E-state index in [9.17, 15) is 13.2 Å². The molecule has 1 aliphatic rings. The molecule has 3 atom stereocenters. The van der Waals surface area contributed by atoms with Crippen molar-refractivity contribution in [2.75, 3.05) is 6.54 Å². The zero-order valence-electron chi connectivity index (χ0n) is 12.4. The first-order chi connectivity index (χ1) is 9.71. The molecule has 1 aliphatic heterocycles. The van der Waals surface area contributed by atoms with Crippen LogP contribution in [0, 0.1) is 11.8 Å². The molecule has 7 nitrogen and oxygen atoms in total. The van der Waals surface area contributed by atoms with Gasteiger partial charge in [-0.2, -0.15) is 9.40 Å². The van der Waals surface area contributed by atoms with Crippen LogP contribution in [0.4, 0.5) is 0 Å². The molecule has 118 valence electrons. The summed E-state index contributed by atoms with van der Waals surface area (Å²) in [6.45, 7) is 6.14. The van der Waals surface area contributed by atoms with Gasteiger partial charge in [-0.25, -0.2) is 8.42 Å². The Labute approximate surface area is 124 Å². The number of hydrogen-bond donors (Lipinski definition) is 1. The standard InChI is InChI=1S/C13H21N3O4S/c1-9-4-10(2)11(3)16(6-9)21(19,20)12-5-14-15(7-12)8-13(17)18/h5,7,9-11H,4,6,8H2,1-3H3,(H,17,18). The number of piperidine rings is 1. The molecular weight excluding hydrogens is 294 g/mol. The van der Waals surface area contributed by atoms with Gasteiger partial charge in [-0.1, -0.05) is 13.8 Å². The van der Waals surface area contributed by atoms with Crippen LogP contribution in [-0.4, -0.2) is 46.2 Å². The fourth-order valence-corrected chi connectivity index (χ4v) is 4.62. The first-order valence-corrected chi connectivity index (χ1v) is 8.42. The lowest BCUT2D eigenvalue weighted by Gasteiger charge is -2.39. The highest BCUT2D eigenvalue weighted by Crippen LogP contribution is 2.31. The van der Waals surface area contributed by atoms with E-state index in [4.69, 9.17) is 5.11 Å². The van der Waals surface area contributed by atoms with Gasteiger partial charge in [0.15, 0.2) is 0 Å². The summed E-state index contributed by atoms with van der Waals surface area (Å²) in [7, 11) is -3.63. The molecule has 1 aromatic rings. The molecule has 0 aliphatic carbocycles. The summed E-state index contributed by atoms with van der Waals surface area (Å²) in [4.78, 5) is 10.7. The second-order valence-corrected chi connectivity index (χ2v) is 7.79. The molecule has 1 aromatic heterocycles. The van der Waals surface area contributed by atoms with Crippen LogP contribution in [0.5, 0.6) is 0 Å². The summed E-state index contributed by atoms with van der Waals surface area (Å²) in [5.74, 6) is -0.465. The summed E-state index contributed by atoms with van der Waals surface area (Å²) in [5, 5.41) is 12.5. The van der Waals surface area contributed by atoms with Crippen LogP contribution in [0.25, 0.3) is 0 Å². The molecule has 1 saturated heterocycles. The van der Waals surface area contributed by atoms with Crippen LogP contribution >= 0.6 is 0 Å². The third-order valence-electron chi connectivity index (χ3n) is 4.06. The number of carboxylic acids is 1. The molecule has 0 saturated carbocycles. The minimum atomic E-state index is -3.63. The van der Waals surface area contributed by atoms with Gasteiger partial charge in [-0.15, -0.1) is 0 Å². The molecule has 0 radical (unpaired) electrons. The maximum atomic E-state index is 12.7. The number of rotatable bonds is 4. The van der Waals surface area contributed by atoms with Gasteiger partial charge < -0.3 is 5.11 Å². The van der Waals surface area contributed by atoms with Crippen LogP contribution in [0.15, 0.2) is 17.3 Å². The Morgan fingerprint density at radius 3 is 2.71 bits per heavy atom. The molecule has 3 unspecified atom stereocenters. The Balaban J connectivity index is 2.28. The molecule has 21 heavy (non-hydrogen) atoms. The van der Waals surface area contributed by atoms with E-state index in [1.54, 1.807) is 0 Å². The molecule has 2 rings (SSSR count). The Morgan fingerprint density at radius 1 is 1.43 bits per heavy atom. The lowest BCUT2D eigenvalue weighted by molar-refractivity contribution is -0.137. The first-order valence-electron chi connectivity index (χ1n) is 6.98. The average Bonchev–Trinajstić information content (AvgIpc) is 2.81. The molecule has 8 heteroatoms. The zero-order valence-corrected chi connectivity index (χ0v) is 13.2. The molecule has 1 N–H and O–H groups in total. The number of carboxylic acid groups (broad SMARTS) is 1. The molecular formula is C13H21N3O4S. The third kappa shape index (κ3) is 3.26. The zero-order chi connectivity index (χ0) is 15.8. The van der Waals surface area contributed by atoms with Gasteiger partial charge in [-0.3, -0.25) is 9.48 Å². The van der Waals surface area contributed by atoms with Gasteiger partial charge in [0.2, 0.25) is 10.0 Å². The monoisotopic (exact) mass is 315 g/mol. The fraction of sp³-hybridized carbons (Fsp3) is 0.692. The van der Waals surface area contributed by atoms with Crippen molar-refractivity contribution in [1.82, 2.24) is 14.1 Å².